The van der Waals surface area contributed by atoms with Crippen LogP contribution in [0.3, 0.4) is 0 Å². The van der Waals surface area contributed by atoms with Gasteiger partial charge in [0.1, 0.15) is 0 Å². The van der Waals surface area contributed by atoms with Crippen molar-refractivity contribution in [1.29, 1.82) is 0 Å². The largest absolute Gasteiger partial charge is 0.422 e. The highest BCUT2D eigenvalue weighted by Crippen LogP contribution is 2.25. The number of ether oxygens (including phenoxy) is 1. The Hall–Kier alpha value is -1.73. The first-order valence-corrected chi connectivity index (χ1v) is 9.18. The Morgan fingerprint density at radius 1 is 1.42 bits per heavy atom. The van der Waals surface area contributed by atoms with Crippen LogP contribution in [0.4, 0.5) is 0 Å². The lowest BCUT2D eigenvalue weighted by Crippen LogP contribution is -2.44. The molecule has 0 bridgehead atoms. The van der Waals surface area contributed by atoms with Gasteiger partial charge in [0, 0.05) is 23.3 Å². The van der Waals surface area contributed by atoms with Gasteiger partial charge >= 0.3 is 0 Å². The fraction of sp³-hybridized carbons (Fsp3) is 0.588. The van der Waals surface area contributed by atoms with Crippen molar-refractivity contribution in [1.82, 2.24) is 15.1 Å². The van der Waals surface area contributed by atoms with E-state index in [1.807, 2.05) is 37.1 Å². The molecule has 2 aromatic rings. The molecule has 0 saturated carbocycles. The van der Waals surface area contributed by atoms with E-state index in [9.17, 15) is 4.79 Å². The summed E-state index contributed by atoms with van der Waals surface area (Å²) in [5.41, 5.74) is 0. The second kappa shape index (κ2) is 7.44. The van der Waals surface area contributed by atoms with Crippen molar-refractivity contribution in [2.24, 2.45) is 5.92 Å². The molecule has 0 unspecified atom stereocenters. The van der Waals surface area contributed by atoms with E-state index in [0.29, 0.717) is 31.5 Å². The standard InChI is InChI=1S/C17H23N3O3S/c1-11(2)15-18-19-16(23-15)14-10-20(6-7-22-14)17(21)12(3)9-13-5-4-8-24-13/h4-5,8,11-12,14H,6-7,9-10H2,1-3H3/t12-,14+/m0/s1. The number of amides is 1. The molecule has 1 fully saturated rings. The monoisotopic (exact) mass is 349 g/mol. The number of carbonyl (C=O) groups excluding carboxylic acids is 1. The van der Waals surface area contributed by atoms with E-state index in [0.717, 1.165) is 6.42 Å². The zero-order valence-electron chi connectivity index (χ0n) is 14.3. The predicted octanol–water partition coefficient (Wildman–Crippen LogP) is 3.03. The first-order valence-electron chi connectivity index (χ1n) is 8.30. The van der Waals surface area contributed by atoms with Crippen LogP contribution in [0.25, 0.3) is 0 Å². The Balaban J connectivity index is 1.62. The van der Waals surface area contributed by atoms with Crippen LogP contribution in [0.15, 0.2) is 21.9 Å². The lowest BCUT2D eigenvalue weighted by atomic mass is 10.0. The molecule has 1 saturated heterocycles. The molecule has 3 heterocycles. The summed E-state index contributed by atoms with van der Waals surface area (Å²) in [7, 11) is 0. The van der Waals surface area contributed by atoms with Gasteiger partial charge in [0.15, 0.2) is 6.10 Å². The van der Waals surface area contributed by atoms with Crippen LogP contribution in [-0.4, -0.2) is 40.7 Å². The smallest absolute Gasteiger partial charge is 0.247 e. The third-order valence-corrected chi connectivity index (χ3v) is 5.01. The summed E-state index contributed by atoms with van der Waals surface area (Å²) in [6.45, 7) is 7.54. The van der Waals surface area contributed by atoms with Gasteiger partial charge in [-0.2, -0.15) is 0 Å². The maximum Gasteiger partial charge on any atom is 0.247 e. The zero-order chi connectivity index (χ0) is 17.1. The summed E-state index contributed by atoms with van der Waals surface area (Å²) in [5, 5.41) is 10.2. The van der Waals surface area contributed by atoms with Crippen molar-refractivity contribution < 1.29 is 13.9 Å². The molecule has 2 atom stereocenters. The molecule has 0 radical (unpaired) electrons. The Labute approximate surface area is 145 Å². The molecule has 7 heteroatoms. The van der Waals surface area contributed by atoms with Crippen molar-refractivity contribution in [3.8, 4) is 0 Å². The van der Waals surface area contributed by atoms with Crippen molar-refractivity contribution in [3.63, 3.8) is 0 Å². The SMILES string of the molecule is CC(C)c1nnc([C@H]2CN(C(=O)[C@@H](C)Cc3cccs3)CCO2)o1. The molecule has 0 spiro atoms. The van der Waals surface area contributed by atoms with Crippen LogP contribution in [-0.2, 0) is 16.0 Å². The van der Waals surface area contributed by atoms with Gasteiger partial charge in [-0.05, 0) is 17.9 Å². The third-order valence-electron chi connectivity index (χ3n) is 4.11. The molecule has 1 amide bonds. The highest BCUT2D eigenvalue weighted by Gasteiger charge is 2.31. The molecule has 6 nitrogen and oxygen atoms in total. The Morgan fingerprint density at radius 2 is 2.25 bits per heavy atom. The third kappa shape index (κ3) is 3.84. The zero-order valence-corrected chi connectivity index (χ0v) is 15.1. The second-order valence-electron chi connectivity index (χ2n) is 6.46. The molecule has 0 aromatic carbocycles. The summed E-state index contributed by atoms with van der Waals surface area (Å²) < 4.78 is 11.4. The van der Waals surface area contributed by atoms with Crippen LogP contribution in [0.5, 0.6) is 0 Å². The van der Waals surface area contributed by atoms with Gasteiger partial charge in [-0.3, -0.25) is 4.79 Å². The van der Waals surface area contributed by atoms with Gasteiger partial charge in [-0.25, -0.2) is 0 Å². The molecule has 3 rings (SSSR count). The minimum Gasteiger partial charge on any atom is -0.422 e. The van der Waals surface area contributed by atoms with Crippen molar-refractivity contribution in [3.05, 3.63) is 34.2 Å². The van der Waals surface area contributed by atoms with E-state index < -0.39 is 0 Å². The van der Waals surface area contributed by atoms with Gasteiger partial charge < -0.3 is 14.1 Å². The topological polar surface area (TPSA) is 68.5 Å². The average Bonchev–Trinajstić information content (AvgIpc) is 3.25. The Kier molecular flexibility index (Phi) is 5.30. The number of nitrogens with zero attached hydrogens (tertiary/aromatic N) is 3. The lowest BCUT2D eigenvalue weighted by molar-refractivity contribution is -0.143. The van der Waals surface area contributed by atoms with E-state index in [1.54, 1.807) is 11.3 Å². The van der Waals surface area contributed by atoms with Gasteiger partial charge in [0.2, 0.25) is 17.7 Å². The maximum absolute atomic E-state index is 12.7. The first kappa shape index (κ1) is 17.1. The van der Waals surface area contributed by atoms with Crippen molar-refractivity contribution >= 4 is 17.2 Å². The number of hydrogen-bond acceptors (Lipinski definition) is 6. The molecular formula is C17H23N3O3S. The van der Waals surface area contributed by atoms with E-state index in [1.165, 1.54) is 4.88 Å². The van der Waals surface area contributed by atoms with E-state index >= 15 is 0 Å². The molecular weight excluding hydrogens is 326 g/mol. The minimum absolute atomic E-state index is 0.0451. The molecule has 0 aliphatic carbocycles. The molecule has 1 aliphatic rings. The minimum atomic E-state index is -0.336. The second-order valence-corrected chi connectivity index (χ2v) is 7.49. The number of rotatable bonds is 5. The predicted molar refractivity (Wildman–Crippen MR) is 90.8 cm³/mol. The van der Waals surface area contributed by atoms with E-state index in [-0.39, 0.29) is 23.8 Å². The first-order chi connectivity index (χ1) is 11.5. The average molecular weight is 349 g/mol. The van der Waals surface area contributed by atoms with Crippen molar-refractivity contribution in [2.75, 3.05) is 19.7 Å². The van der Waals surface area contributed by atoms with Gasteiger partial charge in [-0.1, -0.05) is 26.8 Å². The van der Waals surface area contributed by atoms with Crippen LogP contribution in [0, 0.1) is 5.92 Å². The number of thiophene rings is 1. The highest BCUT2D eigenvalue weighted by molar-refractivity contribution is 7.09. The van der Waals surface area contributed by atoms with E-state index in [2.05, 4.69) is 16.3 Å². The summed E-state index contributed by atoms with van der Waals surface area (Å²) in [4.78, 5) is 15.8. The highest BCUT2D eigenvalue weighted by atomic mass is 32.1. The molecule has 2 aromatic heterocycles. The van der Waals surface area contributed by atoms with Crippen molar-refractivity contribution in [2.45, 2.75) is 39.2 Å². The summed E-state index contributed by atoms with van der Waals surface area (Å²) in [6.07, 6.45) is 0.438. The molecule has 130 valence electrons. The van der Waals surface area contributed by atoms with Gasteiger partial charge in [0.25, 0.3) is 0 Å². The quantitative estimate of drug-likeness (QED) is 0.830. The van der Waals surface area contributed by atoms with Crippen LogP contribution in [0.1, 0.15) is 49.5 Å². The van der Waals surface area contributed by atoms with Crippen LogP contribution < -0.4 is 0 Å². The van der Waals surface area contributed by atoms with E-state index in [4.69, 9.17) is 9.15 Å². The van der Waals surface area contributed by atoms with Gasteiger partial charge in [-0.15, -0.1) is 21.5 Å². The normalized spacial score (nSPS) is 19.7. The fourth-order valence-corrected chi connectivity index (χ4v) is 3.57. The van der Waals surface area contributed by atoms with Crippen LogP contribution >= 0.6 is 11.3 Å². The van der Waals surface area contributed by atoms with Gasteiger partial charge in [0.05, 0.1) is 13.2 Å². The summed E-state index contributed by atoms with van der Waals surface area (Å²) >= 11 is 1.69. The number of morpholine rings is 1. The Morgan fingerprint density at radius 3 is 2.92 bits per heavy atom. The lowest BCUT2D eigenvalue weighted by Gasteiger charge is -2.33. The number of carbonyl (C=O) groups is 1. The van der Waals surface area contributed by atoms with Crippen LogP contribution in [0.2, 0.25) is 0 Å². The Bertz CT molecular complexity index is 668. The summed E-state index contributed by atoms with van der Waals surface area (Å²) in [6, 6.07) is 4.09. The molecule has 0 N–H and O–H groups in total. The maximum atomic E-state index is 12.7. The molecule has 1 aliphatic heterocycles. The fourth-order valence-electron chi connectivity index (χ4n) is 2.74. The number of aromatic nitrogens is 2. The molecule has 24 heavy (non-hydrogen) atoms. The summed E-state index contributed by atoms with van der Waals surface area (Å²) in [5.74, 6) is 1.35. The number of hydrogen-bond donors (Lipinski definition) is 0.